The van der Waals surface area contributed by atoms with Gasteiger partial charge in [-0.15, -0.1) is 0 Å². The molecule has 3 aliphatic carbocycles. The first-order valence-corrected chi connectivity index (χ1v) is 9.57. The molecule has 0 aromatic carbocycles. The molecule has 3 aliphatic rings. The van der Waals surface area contributed by atoms with Crippen LogP contribution in [0.25, 0.3) is 0 Å². The molecule has 3 rings (SSSR count). The molecule has 0 radical (unpaired) electrons. The molecular weight excluding hydrogens is 300 g/mol. The Labute approximate surface area is 154 Å². The lowest BCUT2D eigenvalue weighted by molar-refractivity contribution is 1.05. The molecule has 0 fully saturated rings. The minimum absolute atomic E-state index is 1.10. The summed E-state index contributed by atoms with van der Waals surface area (Å²) >= 11 is 0. The van der Waals surface area contributed by atoms with Crippen LogP contribution in [0.15, 0.2) is 79.0 Å². The van der Waals surface area contributed by atoms with Crippen molar-refractivity contribution in [3.8, 4) is 0 Å². The first-order chi connectivity index (χ1) is 11.8. The van der Waals surface area contributed by atoms with E-state index in [2.05, 4.69) is 67.5 Å². The van der Waals surface area contributed by atoms with E-state index in [9.17, 15) is 0 Å². The van der Waals surface area contributed by atoms with Crippen molar-refractivity contribution >= 4 is 0 Å². The van der Waals surface area contributed by atoms with Crippen LogP contribution < -0.4 is 0 Å². The van der Waals surface area contributed by atoms with Crippen molar-refractivity contribution in [2.24, 2.45) is 0 Å². The summed E-state index contributed by atoms with van der Waals surface area (Å²) in [6.45, 7) is 18.3. The lowest BCUT2D eigenvalue weighted by Gasteiger charge is -2.12. The second kappa shape index (κ2) is 6.48. The smallest absolute Gasteiger partial charge is 0.00144 e. The molecule has 0 atom stereocenters. The maximum atomic E-state index is 2.33. The summed E-state index contributed by atoms with van der Waals surface area (Å²) in [5.41, 5.74) is 18.4. The average Bonchev–Trinajstić information content (AvgIpc) is 3.12. The zero-order valence-electron chi connectivity index (χ0n) is 17.3. The lowest BCUT2D eigenvalue weighted by atomic mass is 9.92. The maximum Gasteiger partial charge on any atom is -0.00144 e. The Morgan fingerprint density at radius 2 is 0.960 bits per heavy atom. The SMILES string of the molecule is C/C=C/C1=C(C)C(C)=C(C2=C(C)C(C)=C(C3=C(C)C(C)=C(C)C3)C2)C1. The topological polar surface area (TPSA) is 0 Å². The third kappa shape index (κ3) is 2.76. The molecule has 25 heavy (non-hydrogen) atoms. The fourth-order valence-corrected chi connectivity index (χ4v) is 4.61. The Balaban J connectivity index is 1.93. The van der Waals surface area contributed by atoms with Gasteiger partial charge in [0, 0.05) is 0 Å². The van der Waals surface area contributed by atoms with E-state index in [0.717, 1.165) is 19.3 Å². The normalized spacial score (nSPS) is 22.4. The fraction of sp³-hybridized carbons (Fsp3) is 0.440. The van der Waals surface area contributed by atoms with Crippen molar-refractivity contribution in [2.45, 2.75) is 74.7 Å². The van der Waals surface area contributed by atoms with Crippen molar-refractivity contribution in [1.82, 2.24) is 0 Å². The molecule has 132 valence electrons. The Morgan fingerprint density at radius 1 is 0.520 bits per heavy atom. The predicted molar refractivity (Wildman–Crippen MR) is 111 cm³/mol. The molecule has 0 aliphatic heterocycles. The van der Waals surface area contributed by atoms with E-state index < -0.39 is 0 Å². The van der Waals surface area contributed by atoms with Crippen molar-refractivity contribution in [3.05, 3.63) is 79.0 Å². The van der Waals surface area contributed by atoms with E-state index in [1.54, 1.807) is 27.9 Å². The lowest BCUT2D eigenvalue weighted by Crippen LogP contribution is -1.94. The maximum absolute atomic E-state index is 2.33. The Kier molecular flexibility index (Phi) is 4.66. The van der Waals surface area contributed by atoms with Gasteiger partial charge in [-0.1, -0.05) is 17.7 Å². The van der Waals surface area contributed by atoms with Gasteiger partial charge in [0.15, 0.2) is 0 Å². The summed E-state index contributed by atoms with van der Waals surface area (Å²) in [5.74, 6) is 0. The van der Waals surface area contributed by atoms with Crippen LogP contribution in [-0.2, 0) is 0 Å². The number of hydrogen-bond donors (Lipinski definition) is 0. The van der Waals surface area contributed by atoms with E-state index in [0.29, 0.717) is 0 Å². The van der Waals surface area contributed by atoms with E-state index in [1.165, 1.54) is 39.0 Å². The molecule has 0 heterocycles. The van der Waals surface area contributed by atoms with Crippen molar-refractivity contribution in [1.29, 1.82) is 0 Å². The highest BCUT2D eigenvalue weighted by Gasteiger charge is 2.30. The van der Waals surface area contributed by atoms with Crippen LogP contribution in [0.5, 0.6) is 0 Å². The van der Waals surface area contributed by atoms with E-state index >= 15 is 0 Å². The van der Waals surface area contributed by atoms with Crippen molar-refractivity contribution < 1.29 is 0 Å². The monoisotopic (exact) mass is 332 g/mol. The number of rotatable bonds is 3. The van der Waals surface area contributed by atoms with Gasteiger partial charge in [0.2, 0.25) is 0 Å². The van der Waals surface area contributed by atoms with Crippen molar-refractivity contribution in [3.63, 3.8) is 0 Å². The van der Waals surface area contributed by atoms with Gasteiger partial charge in [0.25, 0.3) is 0 Å². The van der Waals surface area contributed by atoms with Gasteiger partial charge in [0.05, 0.1) is 0 Å². The second-order valence-corrected chi connectivity index (χ2v) is 8.00. The molecule has 0 N–H and O–H groups in total. The highest BCUT2D eigenvalue weighted by Crippen LogP contribution is 2.48. The molecule has 0 nitrogen and oxygen atoms in total. The van der Waals surface area contributed by atoms with E-state index in [-0.39, 0.29) is 0 Å². The minimum Gasteiger partial charge on any atom is -0.0874 e. The third-order valence-electron chi connectivity index (χ3n) is 6.88. The summed E-state index contributed by atoms with van der Waals surface area (Å²) in [5, 5.41) is 0. The standard InChI is InChI=1S/C25H32/c1-9-10-21-12-23(18(6)16(21)4)25-13-24(19(7)20(25)8)22-11-14(2)15(3)17(22)5/h9-10H,11-13H2,1-8H3/b10-9+. The summed E-state index contributed by atoms with van der Waals surface area (Å²) in [6.07, 6.45) is 7.82. The van der Waals surface area contributed by atoms with Crippen LogP contribution in [-0.4, -0.2) is 0 Å². The summed E-state index contributed by atoms with van der Waals surface area (Å²) in [6, 6.07) is 0. The Bertz CT molecular complexity index is 867. The van der Waals surface area contributed by atoms with Gasteiger partial charge in [-0.3, -0.25) is 0 Å². The zero-order valence-corrected chi connectivity index (χ0v) is 17.3. The van der Waals surface area contributed by atoms with Crippen LogP contribution in [0.2, 0.25) is 0 Å². The van der Waals surface area contributed by atoms with Crippen LogP contribution in [0.3, 0.4) is 0 Å². The highest BCUT2D eigenvalue weighted by atomic mass is 14.3. The summed E-state index contributed by atoms with van der Waals surface area (Å²) in [7, 11) is 0. The van der Waals surface area contributed by atoms with Gasteiger partial charge in [0.1, 0.15) is 0 Å². The molecular formula is C25H32. The molecule has 0 amide bonds. The number of hydrogen-bond acceptors (Lipinski definition) is 0. The molecule has 0 aromatic heterocycles. The molecule has 0 spiro atoms. The number of allylic oxidation sites excluding steroid dienone is 14. The quantitative estimate of drug-likeness (QED) is 0.497. The third-order valence-corrected chi connectivity index (χ3v) is 6.88. The van der Waals surface area contributed by atoms with Gasteiger partial charge in [-0.25, -0.2) is 0 Å². The fourth-order valence-electron chi connectivity index (χ4n) is 4.61. The van der Waals surface area contributed by atoms with Gasteiger partial charge in [-0.05, 0) is 136 Å². The average molecular weight is 333 g/mol. The molecule has 0 unspecified atom stereocenters. The molecule has 0 bridgehead atoms. The van der Waals surface area contributed by atoms with E-state index in [4.69, 9.17) is 0 Å². The van der Waals surface area contributed by atoms with Crippen LogP contribution in [0, 0.1) is 0 Å². The zero-order chi connectivity index (χ0) is 18.5. The largest absolute Gasteiger partial charge is 0.0874 e. The van der Waals surface area contributed by atoms with Crippen LogP contribution in [0.1, 0.15) is 74.7 Å². The van der Waals surface area contributed by atoms with Crippen LogP contribution in [0.4, 0.5) is 0 Å². The summed E-state index contributed by atoms with van der Waals surface area (Å²) < 4.78 is 0. The van der Waals surface area contributed by atoms with Gasteiger partial charge >= 0.3 is 0 Å². The van der Waals surface area contributed by atoms with E-state index in [1.807, 2.05) is 0 Å². The molecule has 0 saturated heterocycles. The Hall–Kier alpha value is -1.82. The van der Waals surface area contributed by atoms with Gasteiger partial charge in [-0.2, -0.15) is 0 Å². The van der Waals surface area contributed by atoms with Crippen molar-refractivity contribution in [2.75, 3.05) is 0 Å². The molecule has 0 saturated carbocycles. The Morgan fingerprint density at radius 3 is 1.44 bits per heavy atom. The minimum atomic E-state index is 1.10. The molecule has 0 heteroatoms. The first kappa shape index (κ1) is 18.0. The predicted octanol–water partition coefficient (Wildman–Crippen LogP) is 7.69. The van der Waals surface area contributed by atoms with Gasteiger partial charge < -0.3 is 0 Å². The second-order valence-electron chi connectivity index (χ2n) is 8.00. The summed E-state index contributed by atoms with van der Waals surface area (Å²) in [4.78, 5) is 0. The molecule has 0 aromatic rings. The first-order valence-electron chi connectivity index (χ1n) is 9.57. The van der Waals surface area contributed by atoms with Crippen LogP contribution >= 0.6 is 0 Å². The highest BCUT2D eigenvalue weighted by molar-refractivity contribution is 5.66.